The summed E-state index contributed by atoms with van der Waals surface area (Å²) in [5.41, 5.74) is -0.396. The zero-order chi connectivity index (χ0) is 12.6. The monoisotopic (exact) mass is 271 g/mol. The summed E-state index contributed by atoms with van der Waals surface area (Å²) in [5, 5.41) is 12.6. The van der Waals surface area contributed by atoms with Crippen LogP contribution in [0.5, 0.6) is 0 Å². The summed E-state index contributed by atoms with van der Waals surface area (Å²) < 4.78 is 0. The first-order chi connectivity index (χ1) is 7.95. The highest BCUT2D eigenvalue weighted by Crippen LogP contribution is 2.31. The standard InChI is InChI=1S/C11H14ClN3OS/c1-11(2,6-16)15(3)8-7-4-5-17-9(7)14-10(12)13-8/h4-5,16H,6H2,1-3H3. The van der Waals surface area contributed by atoms with E-state index in [1.807, 2.05) is 37.2 Å². The van der Waals surface area contributed by atoms with Crippen molar-refractivity contribution in [1.82, 2.24) is 9.97 Å². The van der Waals surface area contributed by atoms with Crippen LogP contribution in [0.2, 0.25) is 5.28 Å². The molecule has 2 heterocycles. The minimum Gasteiger partial charge on any atom is -0.394 e. The molecule has 0 atom stereocenters. The van der Waals surface area contributed by atoms with Gasteiger partial charge < -0.3 is 10.0 Å². The minimum absolute atomic E-state index is 0.0384. The Balaban J connectivity index is 2.58. The number of hydrogen-bond acceptors (Lipinski definition) is 5. The molecule has 0 amide bonds. The van der Waals surface area contributed by atoms with Crippen LogP contribution in [0, 0.1) is 0 Å². The van der Waals surface area contributed by atoms with Crippen molar-refractivity contribution in [2.24, 2.45) is 0 Å². The van der Waals surface area contributed by atoms with Crippen LogP contribution >= 0.6 is 22.9 Å². The lowest BCUT2D eigenvalue weighted by Crippen LogP contribution is -2.44. The Hall–Kier alpha value is -0.910. The first-order valence-corrected chi connectivity index (χ1v) is 6.47. The van der Waals surface area contributed by atoms with E-state index in [9.17, 15) is 5.11 Å². The van der Waals surface area contributed by atoms with Crippen molar-refractivity contribution in [3.8, 4) is 0 Å². The van der Waals surface area contributed by atoms with Crippen molar-refractivity contribution in [3.63, 3.8) is 0 Å². The van der Waals surface area contributed by atoms with Gasteiger partial charge in [-0.15, -0.1) is 11.3 Å². The number of aliphatic hydroxyl groups is 1. The molecule has 0 aliphatic heterocycles. The molecule has 0 fully saturated rings. The van der Waals surface area contributed by atoms with E-state index in [4.69, 9.17) is 11.6 Å². The molecule has 6 heteroatoms. The molecule has 17 heavy (non-hydrogen) atoms. The first-order valence-electron chi connectivity index (χ1n) is 5.21. The van der Waals surface area contributed by atoms with Gasteiger partial charge in [0, 0.05) is 7.05 Å². The van der Waals surface area contributed by atoms with Gasteiger partial charge in [0.1, 0.15) is 10.6 Å². The summed E-state index contributed by atoms with van der Waals surface area (Å²) in [6, 6.07) is 1.97. The van der Waals surface area contributed by atoms with Gasteiger partial charge in [-0.2, -0.15) is 4.98 Å². The molecule has 2 rings (SSSR count). The van der Waals surface area contributed by atoms with E-state index in [-0.39, 0.29) is 11.9 Å². The minimum atomic E-state index is -0.396. The normalized spacial score (nSPS) is 12.1. The maximum Gasteiger partial charge on any atom is 0.225 e. The summed E-state index contributed by atoms with van der Waals surface area (Å²) in [5.74, 6) is 0.750. The second-order valence-electron chi connectivity index (χ2n) is 4.49. The molecule has 0 saturated heterocycles. The molecule has 0 spiro atoms. The summed E-state index contributed by atoms with van der Waals surface area (Å²) in [4.78, 5) is 11.2. The van der Waals surface area contributed by atoms with Crippen molar-refractivity contribution in [1.29, 1.82) is 0 Å². The molecule has 0 aliphatic rings. The van der Waals surface area contributed by atoms with E-state index >= 15 is 0 Å². The third kappa shape index (κ3) is 2.22. The van der Waals surface area contributed by atoms with Crippen LogP contribution in [0.4, 0.5) is 5.82 Å². The van der Waals surface area contributed by atoms with Crippen LogP contribution in [0.15, 0.2) is 11.4 Å². The van der Waals surface area contributed by atoms with Crippen molar-refractivity contribution in [2.45, 2.75) is 19.4 Å². The van der Waals surface area contributed by atoms with Gasteiger partial charge in [-0.3, -0.25) is 0 Å². The van der Waals surface area contributed by atoms with E-state index in [0.717, 1.165) is 16.0 Å². The van der Waals surface area contributed by atoms with Crippen LogP contribution in [0.3, 0.4) is 0 Å². The number of aliphatic hydroxyl groups excluding tert-OH is 1. The molecule has 1 N–H and O–H groups in total. The summed E-state index contributed by atoms with van der Waals surface area (Å²) in [6.45, 7) is 3.93. The highest BCUT2D eigenvalue weighted by Gasteiger charge is 2.26. The van der Waals surface area contributed by atoms with Crippen molar-refractivity contribution < 1.29 is 5.11 Å². The lowest BCUT2D eigenvalue weighted by molar-refractivity contribution is 0.216. The number of likely N-dealkylation sites (N-methyl/N-ethyl adjacent to an activating group) is 1. The Labute approximate surface area is 109 Å². The van der Waals surface area contributed by atoms with Gasteiger partial charge in [0.05, 0.1) is 17.5 Å². The average molecular weight is 272 g/mol. The Morgan fingerprint density at radius 2 is 2.18 bits per heavy atom. The third-order valence-electron chi connectivity index (χ3n) is 2.89. The molecule has 0 saturated carbocycles. The van der Waals surface area contributed by atoms with Crippen molar-refractivity contribution in [3.05, 3.63) is 16.7 Å². The first kappa shape index (κ1) is 12.5. The Morgan fingerprint density at radius 1 is 1.47 bits per heavy atom. The third-order valence-corrected chi connectivity index (χ3v) is 3.87. The highest BCUT2D eigenvalue weighted by molar-refractivity contribution is 7.16. The predicted octanol–water partition coefficient (Wildman–Crippen LogP) is 2.55. The van der Waals surface area contributed by atoms with Crippen LogP contribution < -0.4 is 4.90 Å². The number of thiophene rings is 1. The number of nitrogens with zero attached hydrogens (tertiary/aromatic N) is 3. The quantitative estimate of drug-likeness (QED) is 0.872. The molecular weight excluding hydrogens is 258 g/mol. The van der Waals surface area contributed by atoms with Gasteiger partial charge in [0.25, 0.3) is 0 Å². The van der Waals surface area contributed by atoms with Crippen molar-refractivity contribution >= 4 is 39.0 Å². The van der Waals surface area contributed by atoms with E-state index < -0.39 is 5.54 Å². The fraction of sp³-hybridized carbons (Fsp3) is 0.455. The number of rotatable bonds is 3. The van der Waals surface area contributed by atoms with Crippen LogP contribution in [-0.4, -0.2) is 34.3 Å². The van der Waals surface area contributed by atoms with Gasteiger partial charge in [0.2, 0.25) is 5.28 Å². The fourth-order valence-electron chi connectivity index (χ4n) is 1.46. The summed E-state index contributed by atoms with van der Waals surface area (Å²) >= 11 is 7.44. The molecule has 2 aromatic rings. The number of halogens is 1. The molecule has 0 radical (unpaired) electrons. The van der Waals surface area contributed by atoms with Crippen LogP contribution in [0.25, 0.3) is 10.2 Å². The predicted molar refractivity (Wildman–Crippen MR) is 72.0 cm³/mol. The number of fused-ring (bicyclic) bond motifs is 1. The van der Waals surface area contributed by atoms with Gasteiger partial charge in [0.15, 0.2) is 0 Å². The molecule has 2 aromatic heterocycles. The maximum absolute atomic E-state index is 9.40. The lowest BCUT2D eigenvalue weighted by Gasteiger charge is -2.35. The maximum atomic E-state index is 9.40. The number of hydrogen-bond donors (Lipinski definition) is 1. The van der Waals surface area contributed by atoms with E-state index in [1.165, 1.54) is 11.3 Å². The zero-order valence-electron chi connectivity index (χ0n) is 9.94. The number of anilines is 1. The average Bonchev–Trinajstić information content (AvgIpc) is 2.74. The zero-order valence-corrected chi connectivity index (χ0v) is 11.5. The summed E-state index contributed by atoms with van der Waals surface area (Å²) in [6.07, 6.45) is 0. The Bertz CT molecular complexity index is 540. The highest BCUT2D eigenvalue weighted by atomic mass is 35.5. The van der Waals surface area contributed by atoms with Gasteiger partial charge >= 0.3 is 0 Å². The number of aromatic nitrogens is 2. The topological polar surface area (TPSA) is 49.2 Å². The SMILES string of the molecule is CN(c1nc(Cl)nc2sccc12)C(C)(C)CO. The fourth-order valence-corrected chi connectivity index (χ4v) is 2.44. The van der Waals surface area contributed by atoms with Crippen LogP contribution in [0.1, 0.15) is 13.8 Å². The largest absolute Gasteiger partial charge is 0.394 e. The molecule has 0 aromatic carbocycles. The molecule has 92 valence electrons. The van der Waals surface area contributed by atoms with Gasteiger partial charge in [-0.05, 0) is 36.9 Å². The molecule has 4 nitrogen and oxygen atoms in total. The smallest absolute Gasteiger partial charge is 0.225 e. The second kappa shape index (κ2) is 4.40. The molecule has 0 aliphatic carbocycles. The van der Waals surface area contributed by atoms with Crippen molar-refractivity contribution in [2.75, 3.05) is 18.6 Å². The summed E-state index contributed by atoms with van der Waals surface area (Å²) in [7, 11) is 1.89. The van der Waals surface area contributed by atoms with Gasteiger partial charge in [-0.1, -0.05) is 0 Å². The molecule has 0 unspecified atom stereocenters. The lowest BCUT2D eigenvalue weighted by atomic mass is 10.1. The Kier molecular flexibility index (Phi) is 3.25. The van der Waals surface area contributed by atoms with E-state index in [0.29, 0.717) is 0 Å². The van der Waals surface area contributed by atoms with E-state index in [2.05, 4.69) is 9.97 Å². The van der Waals surface area contributed by atoms with Crippen LogP contribution in [-0.2, 0) is 0 Å². The second-order valence-corrected chi connectivity index (χ2v) is 5.72. The van der Waals surface area contributed by atoms with Gasteiger partial charge in [-0.25, -0.2) is 4.98 Å². The van der Waals surface area contributed by atoms with E-state index in [1.54, 1.807) is 0 Å². The Morgan fingerprint density at radius 3 is 2.82 bits per heavy atom. The molecule has 0 bridgehead atoms. The molecular formula is C11H14ClN3OS.